The van der Waals surface area contributed by atoms with Gasteiger partial charge in [-0.2, -0.15) is 0 Å². The average molecular weight is 312 g/mol. The van der Waals surface area contributed by atoms with E-state index < -0.39 is 6.03 Å². The standard InChI is InChI=1S/C14H24N4O4/c1-15-14(21)16-12(19)4-5-17-6-8-18(9-7-17)13(20)11-3-2-10-22-11/h11H,2-10H2,1H3,(H2,15,16,19,21)/t11-/m1/s1. The molecule has 0 aliphatic carbocycles. The van der Waals surface area contributed by atoms with E-state index in [2.05, 4.69) is 15.5 Å². The van der Waals surface area contributed by atoms with Crippen molar-refractivity contribution in [3.05, 3.63) is 0 Å². The van der Waals surface area contributed by atoms with Gasteiger partial charge in [0.25, 0.3) is 5.91 Å². The highest BCUT2D eigenvalue weighted by Crippen LogP contribution is 2.16. The zero-order valence-electron chi connectivity index (χ0n) is 13.0. The Kier molecular flexibility index (Phi) is 6.14. The number of piperazine rings is 1. The van der Waals surface area contributed by atoms with Crippen molar-refractivity contribution in [2.45, 2.75) is 25.4 Å². The first kappa shape index (κ1) is 16.7. The number of hydrogen-bond acceptors (Lipinski definition) is 5. The first-order chi connectivity index (χ1) is 10.6. The van der Waals surface area contributed by atoms with Gasteiger partial charge in [0.2, 0.25) is 5.91 Å². The van der Waals surface area contributed by atoms with E-state index in [9.17, 15) is 14.4 Å². The molecule has 2 aliphatic heterocycles. The van der Waals surface area contributed by atoms with Crippen molar-refractivity contribution in [1.82, 2.24) is 20.4 Å². The normalized spacial score (nSPS) is 22.4. The molecule has 2 saturated heterocycles. The third-order valence-corrected chi connectivity index (χ3v) is 4.02. The molecule has 2 rings (SSSR count). The molecule has 2 fully saturated rings. The van der Waals surface area contributed by atoms with Crippen LogP contribution in [0, 0.1) is 0 Å². The number of urea groups is 1. The van der Waals surface area contributed by atoms with Gasteiger partial charge in [-0.1, -0.05) is 0 Å². The van der Waals surface area contributed by atoms with Crippen molar-refractivity contribution >= 4 is 17.8 Å². The van der Waals surface area contributed by atoms with Gasteiger partial charge in [0.15, 0.2) is 0 Å². The second kappa shape index (κ2) is 8.09. The summed E-state index contributed by atoms with van der Waals surface area (Å²) in [5, 5.41) is 4.57. The molecule has 0 aromatic rings. The Bertz CT molecular complexity index is 415. The first-order valence-corrected chi connectivity index (χ1v) is 7.74. The Balaban J connectivity index is 1.65. The summed E-state index contributed by atoms with van der Waals surface area (Å²) in [5.41, 5.74) is 0. The third kappa shape index (κ3) is 4.67. The van der Waals surface area contributed by atoms with E-state index in [-0.39, 0.29) is 24.3 Å². The molecule has 1 atom stereocenters. The fourth-order valence-corrected chi connectivity index (χ4v) is 2.68. The molecule has 0 aromatic heterocycles. The second-order valence-corrected chi connectivity index (χ2v) is 5.55. The fraction of sp³-hybridized carbons (Fsp3) is 0.786. The zero-order valence-corrected chi connectivity index (χ0v) is 13.0. The minimum absolute atomic E-state index is 0.0921. The number of rotatable bonds is 4. The number of ether oxygens (including phenoxy) is 1. The van der Waals surface area contributed by atoms with Gasteiger partial charge >= 0.3 is 6.03 Å². The van der Waals surface area contributed by atoms with Crippen LogP contribution in [0.15, 0.2) is 0 Å². The molecular formula is C14H24N4O4. The number of nitrogens with zero attached hydrogens (tertiary/aromatic N) is 2. The zero-order chi connectivity index (χ0) is 15.9. The topological polar surface area (TPSA) is 91.0 Å². The van der Waals surface area contributed by atoms with E-state index in [0.717, 1.165) is 25.9 Å². The number of carbonyl (C=O) groups excluding carboxylic acids is 3. The number of carbonyl (C=O) groups is 3. The summed E-state index contributed by atoms with van der Waals surface area (Å²) in [7, 11) is 1.47. The van der Waals surface area contributed by atoms with Gasteiger partial charge < -0.3 is 15.0 Å². The molecule has 0 aromatic carbocycles. The van der Waals surface area contributed by atoms with Gasteiger partial charge in [-0.15, -0.1) is 0 Å². The van der Waals surface area contributed by atoms with Crippen molar-refractivity contribution in [1.29, 1.82) is 0 Å². The van der Waals surface area contributed by atoms with E-state index in [1.165, 1.54) is 7.05 Å². The van der Waals surface area contributed by atoms with Gasteiger partial charge in [0.1, 0.15) is 6.10 Å². The van der Waals surface area contributed by atoms with Crippen LogP contribution in [0.5, 0.6) is 0 Å². The average Bonchev–Trinajstić information content (AvgIpc) is 3.07. The van der Waals surface area contributed by atoms with Crippen LogP contribution in [-0.4, -0.2) is 80.1 Å². The summed E-state index contributed by atoms with van der Waals surface area (Å²) < 4.78 is 5.43. The van der Waals surface area contributed by atoms with Crippen LogP contribution in [0.25, 0.3) is 0 Å². The molecule has 2 heterocycles. The fourth-order valence-electron chi connectivity index (χ4n) is 2.68. The number of hydrogen-bond donors (Lipinski definition) is 2. The van der Waals surface area contributed by atoms with Crippen LogP contribution < -0.4 is 10.6 Å². The Hall–Kier alpha value is -1.67. The van der Waals surface area contributed by atoms with Crippen LogP contribution in [-0.2, 0) is 14.3 Å². The molecule has 4 amide bonds. The smallest absolute Gasteiger partial charge is 0.321 e. The van der Waals surface area contributed by atoms with Gasteiger partial charge in [-0.05, 0) is 12.8 Å². The van der Waals surface area contributed by atoms with E-state index in [1.54, 1.807) is 0 Å². The highest BCUT2D eigenvalue weighted by atomic mass is 16.5. The monoisotopic (exact) mass is 312 g/mol. The lowest BCUT2D eigenvalue weighted by Crippen LogP contribution is -2.51. The summed E-state index contributed by atoms with van der Waals surface area (Å²) in [6.07, 6.45) is 1.78. The molecule has 22 heavy (non-hydrogen) atoms. The van der Waals surface area contributed by atoms with Gasteiger partial charge in [0.05, 0.1) is 0 Å². The molecule has 8 nitrogen and oxygen atoms in total. The minimum atomic E-state index is -0.489. The molecule has 0 radical (unpaired) electrons. The van der Waals surface area contributed by atoms with Crippen molar-refractivity contribution in [2.75, 3.05) is 46.4 Å². The molecular weight excluding hydrogens is 288 g/mol. The van der Waals surface area contributed by atoms with E-state index >= 15 is 0 Å². The molecule has 124 valence electrons. The molecule has 2 N–H and O–H groups in total. The summed E-state index contributed by atoms with van der Waals surface area (Å²) in [6.45, 7) is 4.07. The second-order valence-electron chi connectivity index (χ2n) is 5.55. The molecule has 0 saturated carbocycles. The van der Waals surface area contributed by atoms with Gasteiger partial charge in [-0.3, -0.25) is 19.8 Å². The van der Waals surface area contributed by atoms with Gasteiger partial charge in [0, 0.05) is 52.8 Å². The number of imide groups is 1. The summed E-state index contributed by atoms with van der Waals surface area (Å²) in [4.78, 5) is 38.7. The summed E-state index contributed by atoms with van der Waals surface area (Å²) >= 11 is 0. The SMILES string of the molecule is CNC(=O)NC(=O)CCN1CCN(C(=O)[C@H]2CCCO2)CC1. The van der Waals surface area contributed by atoms with E-state index in [1.807, 2.05) is 4.90 Å². The Morgan fingerprint density at radius 2 is 1.91 bits per heavy atom. The van der Waals surface area contributed by atoms with E-state index in [4.69, 9.17) is 4.74 Å². The Labute approximate surface area is 130 Å². The maximum absolute atomic E-state index is 12.2. The highest BCUT2D eigenvalue weighted by molar-refractivity contribution is 5.94. The lowest BCUT2D eigenvalue weighted by molar-refractivity contribution is -0.142. The largest absolute Gasteiger partial charge is 0.368 e. The Morgan fingerprint density at radius 3 is 2.50 bits per heavy atom. The molecule has 0 unspecified atom stereocenters. The van der Waals surface area contributed by atoms with Crippen molar-refractivity contribution in [3.63, 3.8) is 0 Å². The molecule has 0 bridgehead atoms. The lowest BCUT2D eigenvalue weighted by atomic mass is 10.2. The van der Waals surface area contributed by atoms with Crippen molar-refractivity contribution in [2.24, 2.45) is 0 Å². The maximum Gasteiger partial charge on any atom is 0.321 e. The number of amides is 4. The minimum Gasteiger partial charge on any atom is -0.368 e. The summed E-state index contributed by atoms with van der Waals surface area (Å²) in [6, 6.07) is -0.489. The molecule has 0 spiro atoms. The van der Waals surface area contributed by atoms with Crippen LogP contribution in [0.4, 0.5) is 4.79 Å². The van der Waals surface area contributed by atoms with Gasteiger partial charge in [-0.25, -0.2) is 4.79 Å². The lowest BCUT2D eigenvalue weighted by Gasteiger charge is -2.35. The highest BCUT2D eigenvalue weighted by Gasteiger charge is 2.30. The molecule has 2 aliphatic rings. The van der Waals surface area contributed by atoms with Crippen LogP contribution in [0.2, 0.25) is 0 Å². The maximum atomic E-state index is 12.2. The van der Waals surface area contributed by atoms with Crippen LogP contribution >= 0.6 is 0 Å². The third-order valence-electron chi connectivity index (χ3n) is 4.02. The van der Waals surface area contributed by atoms with Crippen molar-refractivity contribution < 1.29 is 19.1 Å². The number of nitrogens with one attached hydrogen (secondary N) is 2. The Morgan fingerprint density at radius 1 is 1.18 bits per heavy atom. The van der Waals surface area contributed by atoms with E-state index in [0.29, 0.717) is 26.2 Å². The summed E-state index contributed by atoms with van der Waals surface area (Å²) in [5.74, 6) is -0.202. The molecule has 8 heteroatoms. The first-order valence-electron chi connectivity index (χ1n) is 7.74. The van der Waals surface area contributed by atoms with Crippen LogP contribution in [0.1, 0.15) is 19.3 Å². The van der Waals surface area contributed by atoms with Crippen LogP contribution in [0.3, 0.4) is 0 Å². The quantitative estimate of drug-likeness (QED) is 0.706. The predicted molar refractivity (Wildman–Crippen MR) is 79.2 cm³/mol. The van der Waals surface area contributed by atoms with Crippen molar-refractivity contribution in [3.8, 4) is 0 Å². The predicted octanol–water partition coefficient (Wildman–Crippen LogP) is -0.845.